The van der Waals surface area contributed by atoms with Gasteiger partial charge in [0.05, 0.1) is 12.6 Å². The van der Waals surface area contributed by atoms with Gasteiger partial charge in [-0.25, -0.2) is 4.39 Å². The molecule has 1 aromatic carbocycles. The number of hydrogen-bond acceptors (Lipinski definition) is 2. The lowest BCUT2D eigenvalue weighted by Crippen LogP contribution is -2.44. The van der Waals surface area contributed by atoms with E-state index in [0.717, 1.165) is 23.0 Å². The van der Waals surface area contributed by atoms with Crippen LogP contribution < -0.4 is 5.32 Å². The van der Waals surface area contributed by atoms with E-state index in [1.165, 1.54) is 6.07 Å². The van der Waals surface area contributed by atoms with Gasteiger partial charge in [-0.1, -0.05) is 13.8 Å². The molecule has 0 saturated heterocycles. The second kappa shape index (κ2) is 5.69. The van der Waals surface area contributed by atoms with Gasteiger partial charge in [-0.2, -0.15) is 5.26 Å². The Morgan fingerprint density at radius 2 is 2.17 bits per heavy atom. The Morgan fingerprint density at radius 1 is 1.43 bits per heavy atom. The van der Waals surface area contributed by atoms with Crippen LogP contribution in [-0.4, -0.2) is 10.9 Å². The third-order valence-electron chi connectivity index (χ3n) is 4.71. The molecule has 1 aliphatic rings. The molecule has 0 unspecified atom stereocenters. The Balaban J connectivity index is 1.76. The molecule has 1 saturated carbocycles. The number of carbonyl (C=O) groups is 1. The summed E-state index contributed by atoms with van der Waals surface area (Å²) in [4.78, 5) is 15.4. The minimum absolute atomic E-state index is 0.111. The topological polar surface area (TPSA) is 68.7 Å². The lowest BCUT2D eigenvalue weighted by atomic mass is 9.69. The van der Waals surface area contributed by atoms with Crippen LogP contribution in [0.15, 0.2) is 18.2 Å². The third kappa shape index (κ3) is 2.70. The molecule has 1 amide bonds. The zero-order chi connectivity index (χ0) is 16.6. The Kier molecular flexibility index (Phi) is 3.85. The van der Waals surface area contributed by atoms with Gasteiger partial charge < -0.3 is 10.3 Å². The standard InChI is InChI=1S/C18H20FN3O/c1-11(2)14-8-16-12(7-15(14)19)6-13(22-16)9-21-17(23)18(10-20)4-3-5-18/h6-8,11,22H,3-5,9H2,1-2H3,(H,21,23). The average molecular weight is 313 g/mol. The number of aromatic amines is 1. The first-order valence-electron chi connectivity index (χ1n) is 7.96. The fourth-order valence-corrected chi connectivity index (χ4v) is 3.03. The van der Waals surface area contributed by atoms with Crippen LogP contribution in [0.1, 0.15) is 50.3 Å². The third-order valence-corrected chi connectivity index (χ3v) is 4.71. The number of nitriles is 1. The van der Waals surface area contributed by atoms with Crippen molar-refractivity contribution in [2.45, 2.75) is 45.6 Å². The molecule has 1 heterocycles. The van der Waals surface area contributed by atoms with Gasteiger partial charge >= 0.3 is 0 Å². The number of benzene rings is 1. The molecule has 2 aromatic rings. The van der Waals surface area contributed by atoms with Crippen molar-refractivity contribution in [3.8, 4) is 6.07 Å². The van der Waals surface area contributed by atoms with Crippen molar-refractivity contribution in [3.63, 3.8) is 0 Å². The first-order valence-corrected chi connectivity index (χ1v) is 7.96. The Bertz CT molecular complexity index is 796. The molecule has 1 fully saturated rings. The number of nitrogens with one attached hydrogen (secondary N) is 2. The first-order chi connectivity index (χ1) is 10.9. The highest BCUT2D eigenvalue weighted by Crippen LogP contribution is 2.40. The monoisotopic (exact) mass is 313 g/mol. The Labute approximate surface area is 134 Å². The summed E-state index contributed by atoms with van der Waals surface area (Å²) in [6, 6.07) is 7.31. The molecule has 0 spiro atoms. The number of rotatable bonds is 4. The van der Waals surface area contributed by atoms with Crippen LogP contribution in [0.25, 0.3) is 10.9 Å². The van der Waals surface area contributed by atoms with Crippen LogP contribution >= 0.6 is 0 Å². The maximum Gasteiger partial charge on any atom is 0.240 e. The molecule has 0 radical (unpaired) electrons. The van der Waals surface area contributed by atoms with Crippen molar-refractivity contribution in [3.05, 3.63) is 35.3 Å². The minimum atomic E-state index is -0.844. The molecule has 5 heteroatoms. The SMILES string of the molecule is CC(C)c1cc2[nH]c(CNC(=O)C3(C#N)CCC3)cc2cc1F. The molecule has 120 valence electrons. The largest absolute Gasteiger partial charge is 0.357 e. The number of amides is 1. The molecular weight excluding hydrogens is 293 g/mol. The van der Waals surface area contributed by atoms with Crippen molar-refractivity contribution in [2.75, 3.05) is 0 Å². The van der Waals surface area contributed by atoms with Crippen LogP contribution in [0.3, 0.4) is 0 Å². The van der Waals surface area contributed by atoms with Gasteiger partial charge in [-0.15, -0.1) is 0 Å². The van der Waals surface area contributed by atoms with Gasteiger partial charge in [0.2, 0.25) is 5.91 Å². The summed E-state index contributed by atoms with van der Waals surface area (Å²) in [6.07, 6.45) is 2.18. The quantitative estimate of drug-likeness (QED) is 0.902. The van der Waals surface area contributed by atoms with E-state index in [2.05, 4.69) is 16.4 Å². The first kappa shape index (κ1) is 15.5. The second-order valence-corrected chi connectivity index (χ2v) is 6.64. The molecule has 4 nitrogen and oxygen atoms in total. The van der Waals surface area contributed by atoms with E-state index in [4.69, 9.17) is 0 Å². The van der Waals surface area contributed by atoms with Crippen LogP contribution in [-0.2, 0) is 11.3 Å². The number of nitrogens with zero attached hydrogens (tertiary/aromatic N) is 1. The van der Waals surface area contributed by atoms with Gasteiger partial charge in [0.1, 0.15) is 11.2 Å². The minimum Gasteiger partial charge on any atom is -0.357 e. The lowest BCUT2D eigenvalue weighted by Gasteiger charge is -2.33. The molecule has 2 N–H and O–H groups in total. The molecular formula is C18H20FN3O. The number of fused-ring (bicyclic) bond motifs is 1. The predicted molar refractivity (Wildman–Crippen MR) is 86.1 cm³/mol. The summed E-state index contributed by atoms with van der Waals surface area (Å²) in [5, 5.41) is 12.8. The summed E-state index contributed by atoms with van der Waals surface area (Å²) in [5.74, 6) is -0.307. The van der Waals surface area contributed by atoms with Crippen LogP contribution in [0.5, 0.6) is 0 Å². The van der Waals surface area contributed by atoms with Crippen LogP contribution in [0.4, 0.5) is 4.39 Å². The van der Waals surface area contributed by atoms with E-state index in [1.54, 1.807) is 0 Å². The van der Waals surface area contributed by atoms with Crippen molar-refractivity contribution in [1.82, 2.24) is 10.3 Å². The maximum absolute atomic E-state index is 14.0. The molecule has 0 aliphatic heterocycles. The normalized spacial score (nSPS) is 16.1. The second-order valence-electron chi connectivity index (χ2n) is 6.64. The van der Waals surface area contributed by atoms with E-state index >= 15 is 0 Å². The molecule has 0 bridgehead atoms. The molecule has 1 aliphatic carbocycles. The number of aromatic nitrogens is 1. The number of halogens is 1. The van der Waals surface area contributed by atoms with E-state index in [0.29, 0.717) is 24.9 Å². The van der Waals surface area contributed by atoms with Gasteiger partial charge in [0.25, 0.3) is 0 Å². The fourth-order valence-electron chi connectivity index (χ4n) is 3.03. The Morgan fingerprint density at radius 3 is 2.74 bits per heavy atom. The highest BCUT2D eigenvalue weighted by atomic mass is 19.1. The van der Waals surface area contributed by atoms with Gasteiger partial charge in [-0.05, 0) is 48.9 Å². The van der Waals surface area contributed by atoms with E-state index in [-0.39, 0.29) is 17.6 Å². The van der Waals surface area contributed by atoms with Crippen molar-refractivity contribution >= 4 is 16.8 Å². The van der Waals surface area contributed by atoms with Crippen LogP contribution in [0, 0.1) is 22.6 Å². The van der Waals surface area contributed by atoms with Crippen molar-refractivity contribution in [1.29, 1.82) is 5.26 Å². The van der Waals surface area contributed by atoms with Crippen molar-refractivity contribution < 1.29 is 9.18 Å². The summed E-state index contributed by atoms with van der Waals surface area (Å²) >= 11 is 0. The summed E-state index contributed by atoms with van der Waals surface area (Å²) in [5.41, 5.74) is 1.50. The van der Waals surface area contributed by atoms with E-state index in [1.807, 2.05) is 26.0 Å². The predicted octanol–water partition coefficient (Wildman–Crippen LogP) is 3.74. The summed E-state index contributed by atoms with van der Waals surface area (Å²) in [6.45, 7) is 4.22. The molecule has 0 atom stereocenters. The summed E-state index contributed by atoms with van der Waals surface area (Å²) < 4.78 is 14.0. The zero-order valence-corrected chi connectivity index (χ0v) is 13.4. The van der Waals surface area contributed by atoms with Gasteiger partial charge in [-0.3, -0.25) is 4.79 Å². The van der Waals surface area contributed by atoms with Crippen molar-refractivity contribution in [2.24, 2.45) is 5.41 Å². The maximum atomic E-state index is 14.0. The van der Waals surface area contributed by atoms with E-state index in [9.17, 15) is 14.4 Å². The number of H-pyrrole nitrogens is 1. The molecule has 1 aromatic heterocycles. The highest BCUT2D eigenvalue weighted by Gasteiger charge is 2.44. The lowest BCUT2D eigenvalue weighted by molar-refractivity contribution is -0.131. The average Bonchev–Trinajstić information content (AvgIpc) is 2.85. The van der Waals surface area contributed by atoms with Gasteiger partial charge in [0.15, 0.2) is 0 Å². The zero-order valence-electron chi connectivity index (χ0n) is 13.4. The highest BCUT2D eigenvalue weighted by molar-refractivity contribution is 5.86. The number of carbonyl (C=O) groups excluding carboxylic acids is 1. The fraction of sp³-hybridized carbons (Fsp3) is 0.444. The summed E-state index contributed by atoms with van der Waals surface area (Å²) in [7, 11) is 0. The molecule has 3 rings (SSSR count). The van der Waals surface area contributed by atoms with Crippen LogP contribution in [0.2, 0.25) is 0 Å². The molecule has 23 heavy (non-hydrogen) atoms. The van der Waals surface area contributed by atoms with E-state index < -0.39 is 5.41 Å². The van der Waals surface area contributed by atoms with Gasteiger partial charge in [0, 0.05) is 16.6 Å². The smallest absolute Gasteiger partial charge is 0.240 e. The Hall–Kier alpha value is -2.35. The number of hydrogen-bond donors (Lipinski definition) is 2.